The zero-order chi connectivity index (χ0) is 14.9. The van der Waals surface area contributed by atoms with E-state index in [9.17, 15) is 0 Å². The predicted molar refractivity (Wildman–Crippen MR) is 86.6 cm³/mol. The van der Waals surface area contributed by atoms with Crippen molar-refractivity contribution < 1.29 is 4.74 Å². The second kappa shape index (κ2) is 6.53. The number of ether oxygens (including phenoxy) is 1. The molecule has 0 spiro atoms. The molecule has 0 bridgehead atoms. The molecular weight excluding hydrogens is 262 g/mol. The number of rotatable bonds is 6. The molecule has 3 atom stereocenters. The lowest BCUT2D eigenvalue weighted by molar-refractivity contribution is -0.0240. The van der Waals surface area contributed by atoms with Gasteiger partial charge in [0.2, 0.25) is 0 Å². The highest BCUT2D eigenvalue weighted by Gasteiger charge is 2.40. The Hall–Kier alpha value is -0.160. The van der Waals surface area contributed by atoms with Crippen LogP contribution >= 0.6 is 0 Å². The molecule has 1 N–H and O–H groups in total. The van der Waals surface area contributed by atoms with E-state index in [0.717, 1.165) is 31.7 Å². The molecule has 0 aromatic heterocycles. The van der Waals surface area contributed by atoms with Crippen molar-refractivity contribution in [1.29, 1.82) is 0 Å². The molecule has 0 radical (unpaired) electrons. The average molecular weight is 295 g/mol. The monoisotopic (exact) mass is 295 g/mol. The Balaban J connectivity index is 1.58. The first-order chi connectivity index (χ1) is 10.1. The summed E-state index contributed by atoms with van der Waals surface area (Å²) in [7, 11) is 4.44. The van der Waals surface area contributed by atoms with Gasteiger partial charge in [-0.25, -0.2) is 0 Å². The molecule has 21 heavy (non-hydrogen) atoms. The number of hydrogen-bond donors (Lipinski definition) is 1. The summed E-state index contributed by atoms with van der Waals surface area (Å²) in [6.07, 6.45) is 5.30. The van der Waals surface area contributed by atoms with Crippen molar-refractivity contribution in [1.82, 2.24) is 15.1 Å². The molecule has 4 nitrogen and oxygen atoms in total. The highest BCUT2D eigenvalue weighted by Crippen LogP contribution is 2.33. The minimum Gasteiger partial charge on any atom is -0.381 e. The number of likely N-dealkylation sites (tertiary alicyclic amines) is 1. The van der Waals surface area contributed by atoms with Gasteiger partial charge in [-0.15, -0.1) is 0 Å². The van der Waals surface area contributed by atoms with Crippen LogP contribution in [-0.4, -0.2) is 75.4 Å². The topological polar surface area (TPSA) is 27.7 Å². The number of nitrogens with zero attached hydrogens (tertiary/aromatic N) is 2. The lowest BCUT2D eigenvalue weighted by Crippen LogP contribution is -2.49. The summed E-state index contributed by atoms with van der Waals surface area (Å²) in [5.74, 6) is 0.776. The van der Waals surface area contributed by atoms with Crippen molar-refractivity contribution in [2.45, 2.75) is 44.7 Å². The molecule has 3 rings (SSSR count). The Morgan fingerprint density at radius 2 is 2.10 bits per heavy atom. The Kier molecular flexibility index (Phi) is 4.89. The van der Waals surface area contributed by atoms with E-state index in [4.69, 9.17) is 4.74 Å². The molecule has 1 saturated carbocycles. The molecule has 3 aliphatic rings. The molecule has 0 amide bonds. The van der Waals surface area contributed by atoms with E-state index >= 15 is 0 Å². The van der Waals surface area contributed by atoms with Gasteiger partial charge >= 0.3 is 0 Å². The minimum absolute atomic E-state index is 0.349. The normalized spacial score (nSPS) is 38.3. The summed E-state index contributed by atoms with van der Waals surface area (Å²) in [6, 6.07) is 1.51. The molecular formula is C17H33N3O. The quantitative estimate of drug-likeness (QED) is 0.802. The summed E-state index contributed by atoms with van der Waals surface area (Å²) >= 11 is 0. The lowest BCUT2D eigenvalue weighted by atomic mass is 9.81. The smallest absolute Gasteiger partial charge is 0.0546 e. The lowest BCUT2D eigenvalue weighted by Gasteiger charge is -2.40. The van der Waals surface area contributed by atoms with Gasteiger partial charge in [0.1, 0.15) is 0 Å². The number of likely N-dealkylation sites (N-methyl/N-ethyl adjacent to an activating group) is 1. The first-order valence-corrected chi connectivity index (χ1v) is 8.78. The minimum atomic E-state index is 0.349. The SMILES string of the molecule is CC1CN(CC2(CNC3CC3)CCCOC2)CC1N(C)C. The largest absolute Gasteiger partial charge is 0.381 e. The molecule has 0 aromatic carbocycles. The summed E-state index contributed by atoms with van der Waals surface area (Å²) in [6.45, 7) is 9.13. The van der Waals surface area contributed by atoms with Crippen LogP contribution in [0.1, 0.15) is 32.6 Å². The molecule has 4 heteroatoms. The molecule has 122 valence electrons. The Bertz CT molecular complexity index is 337. The first kappa shape index (κ1) is 15.7. The van der Waals surface area contributed by atoms with Crippen molar-refractivity contribution in [2.24, 2.45) is 11.3 Å². The maximum atomic E-state index is 5.87. The highest BCUT2D eigenvalue weighted by molar-refractivity contribution is 4.94. The molecule has 3 fully saturated rings. The summed E-state index contributed by atoms with van der Waals surface area (Å²) in [5.41, 5.74) is 0.349. The van der Waals surface area contributed by atoms with Gasteiger partial charge in [0.25, 0.3) is 0 Å². The van der Waals surface area contributed by atoms with Crippen LogP contribution in [-0.2, 0) is 4.74 Å². The van der Waals surface area contributed by atoms with Crippen LogP contribution in [0.15, 0.2) is 0 Å². The van der Waals surface area contributed by atoms with Gasteiger partial charge in [-0.05, 0) is 45.7 Å². The van der Waals surface area contributed by atoms with Crippen LogP contribution in [0.25, 0.3) is 0 Å². The van der Waals surface area contributed by atoms with Crippen LogP contribution in [0.5, 0.6) is 0 Å². The van der Waals surface area contributed by atoms with Crippen LogP contribution in [0.4, 0.5) is 0 Å². The van der Waals surface area contributed by atoms with Gasteiger partial charge in [-0.2, -0.15) is 0 Å². The molecule has 1 aliphatic carbocycles. The van der Waals surface area contributed by atoms with Crippen molar-refractivity contribution in [3.63, 3.8) is 0 Å². The fourth-order valence-corrected chi connectivity index (χ4v) is 4.20. The summed E-state index contributed by atoms with van der Waals surface area (Å²) in [4.78, 5) is 5.09. The van der Waals surface area contributed by atoms with Gasteiger partial charge in [0.15, 0.2) is 0 Å². The van der Waals surface area contributed by atoms with E-state index in [-0.39, 0.29) is 0 Å². The molecule has 0 aromatic rings. The third kappa shape index (κ3) is 3.98. The van der Waals surface area contributed by atoms with E-state index in [0.29, 0.717) is 11.5 Å². The fraction of sp³-hybridized carbons (Fsp3) is 1.00. The van der Waals surface area contributed by atoms with Gasteiger partial charge in [0.05, 0.1) is 6.61 Å². The predicted octanol–water partition coefficient (Wildman–Crippen LogP) is 1.42. The number of hydrogen-bond acceptors (Lipinski definition) is 4. The zero-order valence-corrected chi connectivity index (χ0v) is 14.1. The maximum Gasteiger partial charge on any atom is 0.0546 e. The van der Waals surface area contributed by atoms with Crippen molar-refractivity contribution in [2.75, 3.05) is 53.5 Å². The van der Waals surface area contributed by atoms with E-state index in [1.165, 1.54) is 45.3 Å². The second-order valence-corrected chi connectivity index (χ2v) is 8.01. The molecule has 2 aliphatic heterocycles. The van der Waals surface area contributed by atoms with Crippen molar-refractivity contribution in [3.8, 4) is 0 Å². The zero-order valence-electron chi connectivity index (χ0n) is 14.1. The van der Waals surface area contributed by atoms with Crippen molar-refractivity contribution in [3.05, 3.63) is 0 Å². The van der Waals surface area contributed by atoms with Crippen LogP contribution in [0.3, 0.4) is 0 Å². The first-order valence-electron chi connectivity index (χ1n) is 8.78. The van der Waals surface area contributed by atoms with Gasteiger partial charge in [-0.3, -0.25) is 0 Å². The maximum absolute atomic E-state index is 5.87. The van der Waals surface area contributed by atoms with E-state index < -0.39 is 0 Å². The summed E-state index contributed by atoms with van der Waals surface area (Å²) < 4.78 is 5.87. The van der Waals surface area contributed by atoms with Gasteiger partial charge in [-0.1, -0.05) is 6.92 Å². The third-order valence-corrected chi connectivity index (χ3v) is 5.62. The number of nitrogens with one attached hydrogen (secondary N) is 1. The standard InChI is InChI=1S/C17H33N3O/c1-14-9-20(10-16(14)19(2)3)12-17(7-4-8-21-13-17)11-18-15-5-6-15/h14-16,18H,4-13H2,1-3H3. The van der Waals surface area contributed by atoms with Crippen LogP contribution < -0.4 is 5.32 Å². The van der Waals surface area contributed by atoms with Crippen LogP contribution in [0.2, 0.25) is 0 Å². The fourth-order valence-electron chi connectivity index (χ4n) is 4.20. The van der Waals surface area contributed by atoms with E-state index in [2.05, 4.69) is 36.1 Å². The van der Waals surface area contributed by atoms with Gasteiger partial charge in [0, 0.05) is 50.3 Å². The van der Waals surface area contributed by atoms with E-state index in [1.54, 1.807) is 0 Å². The van der Waals surface area contributed by atoms with Crippen LogP contribution in [0, 0.1) is 11.3 Å². The van der Waals surface area contributed by atoms with Gasteiger partial charge < -0.3 is 19.9 Å². The Morgan fingerprint density at radius 3 is 2.67 bits per heavy atom. The Labute approximate surface area is 130 Å². The molecule has 3 unspecified atom stereocenters. The summed E-state index contributed by atoms with van der Waals surface area (Å²) in [5, 5.41) is 3.77. The second-order valence-electron chi connectivity index (χ2n) is 8.01. The molecule has 2 saturated heterocycles. The average Bonchev–Trinajstić information content (AvgIpc) is 3.21. The van der Waals surface area contributed by atoms with Crippen molar-refractivity contribution >= 4 is 0 Å². The Morgan fingerprint density at radius 1 is 1.29 bits per heavy atom. The third-order valence-electron chi connectivity index (χ3n) is 5.62. The van der Waals surface area contributed by atoms with E-state index in [1.807, 2.05) is 0 Å². The highest BCUT2D eigenvalue weighted by atomic mass is 16.5. The molecule has 2 heterocycles.